The summed E-state index contributed by atoms with van der Waals surface area (Å²) < 4.78 is 17.7. The number of carbonyl (C=O) groups excluding carboxylic acids is 1. The van der Waals surface area contributed by atoms with Crippen molar-refractivity contribution in [2.75, 3.05) is 12.4 Å². The molecule has 6 aromatic rings. The molecule has 0 saturated carbocycles. The van der Waals surface area contributed by atoms with Crippen LogP contribution in [0.15, 0.2) is 119 Å². The second-order valence-electron chi connectivity index (χ2n) is 11.2. The summed E-state index contributed by atoms with van der Waals surface area (Å²) in [5.41, 5.74) is 3.24. The Bertz CT molecular complexity index is 2120. The summed E-state index contributed by atoms with van der Waals surface area (Å²) in [4.78, 5) is 44.1. The third kappa shape index (κ3) is 6.33. The van der Waals surface area contributed by atoms with E-state index in [1.807, 2.05) is 55.6 Å². The molecule has 0 aliphatic heterocycles. The molecule has 1 N–H and O–H groups in total. The van der Waals surface area contributed by atoms with Crippen LogP contribution in [-0.2, 0) is 24.4 Å². The fourth-order valence-electron chi connectivity index (χ4n) is 5.57. The molecule has 0 atom stereocenters. The van der Waals surface area contributed by atoms with Crippen LogP contribution in [0.4, 0.5) is 10.1 Å². The Kier molecular flexibility index (Phi) is 9.05. The van der Waals surface area contributed by atoms with Gasteiger partial charge in [0.05, 0.1) is 17.6 Å². The molecule has 9 heteroatoms. The van der Waals surface area contributed by atoms with E-state index >= 15 is 0 Å². The van der Waals surface area contributed by atoms with Crippen molar-refractivity contribution in [1.29, 1.82) is 0 Å². The Hall–Kier alpha value is -5.12. The maximum absolute atomic E-state index is 15.0. The summed E-state index contributed by atoms with van der Waals surface area (Å²) in [5, 5.41) is 3.30. The van der Waals surface area contributed by atoms with E-state index < -0.39 is 17.1 Å². The lowest BCUT2D eigenvalue weighted by Crippen LogP contribution is -2.39. The Labute approximate surface area is 269 Å². The highest BCUT2D eigenvalue weighted by Crippen LogP contribution is 2.38. The van der Waals surface area contributed by atoms with Gasteiger partial charge in [0.2, 0.25) is 5.91 Å². The van der Waals surface area contributed by atoms with E-state index in [1.165, 1.54) is 26.5 Å². The van der Waals surface area contributed by atoms with Crippen LogP contribution in [0.1, 0.15) is 30.0 Å². The standard InChI is InChI=1S/C37H33FN4O3S/c1-3-32(43)39-28-20-18-26(19-21-28)34-30(24-40(2)22-25-12-6-4-7-13-25)33-35(44)42(29-15-8-5-9-16-29)37(45)41(36(33)46-34)23-27-14-10-11-17-31(27)38/h4-21H,3,22-24H2,1-2H3,(H,39,43). The topological polar surface area (TPSA) is 76.3 Å². The number of hydrogen-bond donors (Lipinski definition) is 1. The van der Waals surface area contributed by atoms with Gasteiger partial charge in [-0.2, -0.15) is 0 Å². The summed E-state index contributed by atoms with van der Waals surface area (Å²) in [6.45, 7) is 2.81. The lowest BCUT2D eigenvalue weighted by molar-refractivity contribution is -0.115. The average Bonchev–Trinajstić information content (AvgIpc) is 3.44. The number of fused-ring (bicyclic) bond motifs is 1. The molecule has 7 nitrogen and oxygen atoms in total. The lowest BCUT2D eigenvalue weighted by Gasteiger charge is -2.18. The summed E-state index contributed by atoms with van der Waals surface area (Å²) in [6, 6.07) is 32.7. The third-order valence-corrected chi connectivity index (χ3v) is 9.15. The Balaban J connectivity index is 1.59. The maximum atomic E-state index is 15.0. The summed E-state index contributed by atoms with van der Waals surface area (Å²) in [5.74, 6) is -0.513. The first-order chi connectivity index (χ1) is 22.3. The van der Waals surface area contributed by atoms with Crippen LogP contribution in [-0.4, -0.2) is 27.0 Å². The van der Waals surface area contributed by atoms with Crippen molar-refractivity contribution in [2.24, 2.45) is 0 Å². The molecule has 2 aromatic heterocycles. The number of halogens is 1. The van der Waals surface area contributed by atoms with Crippen LogP contribution in [0, 0.1) is 5.82 Å². The molecular weight excluding hydrogens is 599 g/mol. The van der Waals surface area contributed by atoms with Gasteiger partial charge in [-0.15, -0.1) is 11.3 Å². The molecule has 0 radical (unpaired) electrons. The second-order valence-corrected chi connectivity index (χ2v) is 12.2. The molecule has 0 bridgehead atoms. The first-order valence-corrected chi connectivity index (χ1v) is 15.9. The number of amides is 1. The molecule has 0 spiro atoms. The molecule has 232 valence electrons. The first-order valence-electron chi connectivity index (χ1n) is 15.1. The molecule has 6 rings (SSSR count). The quantitative estimate of drug-likeness (QED) is 0.176. The molecule has 2 heterocycles. The highest BCUT2D eigenvalue weighted by atomic mass is 32.1. The summed E-state index contributed by atoms with van der Waals surface area (Å²) in [6.07, 6.45) is 0.364. The highest BCUT2D eigenvalue weighted by molar-refractivity contribution is 7.22. The second kappa shape index (κ2) is 13.5. The highest BCUT2D eigenvalue weighted by Gasteiger charge is 2.25. The molecule has 46 heavy (non-hydrogen) atoms. The van der Waals surface area contributed by atoms with Gasteiger partial charge in [0.1, 0.15) is 10.6 Å². The van der Waals surface area contributed by atoms with E-state index in [9.17, 15) is 18.8 Å². The number of nitrogens with one attached hydrogen (secondary N) is 1. The largest absolute Gasteiger partial charge is 0.337 e. The van der Waals surface area contributed by atoms with Gasteiger partial charge in [0.25, 0.3) is 5.56 Å². The molecule has 1 amide bonds. The van der Waals surface area contributed by atoms with Crippen molar-refractivity contribution in [2.45, 2.75) is 33.0 Å². The van der Waals surface area contributed by atoms with Crippen LogP contribution in [0.5, 0.6) is 0 Å². The van der Waals surface area contributed by atoms with Crippen molar-refractivity contribution < 1.29 is 9.18 Å². The van der Waals surface area contributed by atoms with Crippen molar-refractivity contribution in [1.82, 2.24) is 14.0 Å². The van der Waals surface area contributed by atoms with Crippen LogP contribution < -0.4 is 16.6 Å². The minimum atomic E-state index is -0.540. The SMILES string of the molecule is CCC(=O)Nc1ccc(-c2sc3c(c2CN(C)Cc2ccccc2)c(=O)n(-c2ccccc2)c(=O)n3Cc2ccccc2F)cc1. The third-order valence-electron chi connectivity index (χ3n) is 7.85. The fourth-order valence-corrected chi connectivity index (χ4v) is 6.87. The Morgan fingerprint density at radius 3 is 2.17 bits per heavy atom. The van der Waals surface area contributed by atoms with Gasteiger partial charge in [-0.1, -0.05) is 85.8 Å². The van der Waals surface area contributed by atoms with Gasteiger partial charge in [-0.05, 0) is 54.1 Å². The zero-order valence-corrected chi connectivity index (χ0v) is 26.4. The normalized spacial score (nSPS) is 11.3. The number of thiophene rings is 1. The number of rotatable bonds is 10. The van der Waals surface area contributed by atoms with Gasteiger partial charge >= 0.3 is 5.69 Å². The predicted octanol–water partition coefficient (Wildman–Crippen LogP) is 7.05. The summed E-state index contributed by atoms with van der Waals surface area (Å²) >= 11 is 1.35. The minimum absolute atomic E-state index is 0.0453. The van der Waals surface area contributed by atoms with Gasteiger partial charge in [-0.25, -0.2) is 13.8 Å². The smallest absolute Gasteiger partial charge is 0.326 e. The molecule has 0 aliphatic carbocycles. The number of aromatic nitrogens is 2. The summed E-state index contributed by atoms with van der Waals surface area (Å²) in [7, 11) is 1.99. The van der Waals surface area contributed by atoms with E-state index in [2.05, 4.69) is 22.3 Å². The zero-order valence-electron chi connectivity index (χ0n) is 25.6. The number of carbonyl (C=O) groups is 1. The van der Waals surface area contributed by atoms with Gasteiger partial charge < -0.3 is 5.32 Å². The number of nitrogens with zero attached hydrogens (tertiary/aromatic N) is 3. The number of para-hydroxylation sites is 1. The molecule has 0 saturated heterocycles. The van der Waals surface area contributed by atoms with Crippen LogP contribution in [0.25, 0.3) is 26.3 Å². The number of benzene rings is 4. The number of hydrogen-bond acceptors (Lipinski definition) is 5. The van der Waals surface area contributed by atoms with Crippen molar-refractivity contribution in [3.8, 4) is 16.1 Å². The van der Waals surface area contributed by atoms with Crippen LogP contribution in [0.2, 0.25) is 0 Å². The molecule has 0 fully saturated rings. The van der Waals surface area contributed by atoms with E-state index in [4.69, 9.17) is 0 Å². The minimum Gasteiger partial charge on any atom is -0.326 e. The van der Waals surface area contributed by atoms with E-state index in [0.717, 1.165) is 21.6 Å². The first kappa shape index (κ1) is 30.9. The number of anilines is 1. The predicted molar refractivity (Wildman–Crippen MR) is 183 cm³/mol. The maximum Gasteiger partial charge on any atom is 0.337 e. The monoisotopic (exact) mass is 632 g/mol. The Morgan fingerprint density at radius 2 is 1.50 bits per heavy atom. The molecular formula is C37H33FN4O3S. The van der Waals surface area contributed by atoms with Crippen LogP contribution in [0.3, 0.4) is 0 Å². The molecule has 4 aromatic carbocycles. The van der Waals surface area contributed by atoms with E-state index in [0.29, 0.717) is 46.7 Å². The van der Waals surface area contributed by atoms with Crippen molar-refractivity contribution in [3.63, 3.8) is 0 Å². The van der Waals surface area contributed by atoms with Crippen molar-refractivity contribution in [3.05, 3.63) is 153 Å². The lowest BCUT2D eigenvalue weighted by atomic mass is 10.1. The van der Waals surface area contributed by atoms with Crippen LogP contribution >= 0.6 is 11.3 Å². The fraction of sp³-hybridized carbons (Fsp3) is 0.162. The average molecular weight is 633 g/mol. The van der Waals surface area contributed by atoms with E-state index in [1.54, 1.807) is 49.4 Å². The zero-order chi connectivity index (χ0) is 32.2. The molecule has 0 aliphatic rings. The molecule has 0 unspecified atom stereocenters. The van der Waals surface area contributed by atoms with Gasteiger partial charge in [0.15, 0.2) is 0 Å². The van der Waals surface area contributed by atoms with Gasteiger partial charge in [0, 0.05) is 35.6 Å². The van der Waals surface area contributed by atoms with E-state index in [-0.39, 0.29) is 12.5 Å². The van der Waals surface area contributed by atoms with Gasteiger partial charge in [-0.3, -0.25) is 19.1 Å². The van der Waals surface area contributed by atoms with Crippen molar-refractivity contribution >= 4 is 33.1 Å². The Morgan fingerprint density at radius 1 is 0.848 bits per heavy atom.